The van der Waals surface area contributed by atoms with Crippen molar-refractivity contribution in [2.45, 2.75) is 71.0 Å². The SMILES string of the molecule is CN(c1cc(Cl)ccc1CNC(C)(C)C)C1CCCCC1. The highest BCUT2D eigenvalue weighted by Crippen LogP contribution is 2.30. The van der Waals surface area contributed by atoms with Crippen LogP contribution in [0.2, 0.25) is 5.02 Å². The fraction of sp³-hybridized carbons (Fsp3) is 0.667. The van der Waals surface area contributed by atoms with Crippen LogP contribution in [-0.2, 0) is 6.54 Å². The maximum atomic E-state index is 6.24. The summed E-state index contributed by atoms with van der Waals surface area (Å²) in [5.74, 6) is 0. The van der Waals surface area contributed by atoms with Crippen LogP contribution in [0.1, 0.15) is 58.4 Å². The van der Waals surface area contributed by atoms with E-state index in [4.69, 9.17) is 11.6 Å². The van der Waals surface area contributed by atoms with Gasteiger partial charge in [0, 0.05) is 35.9 Å². The Kier molecular flexibility index (Phi) is 5.56. The predicted molar refractivity (Wildman–Crippen MR) is 93.3 cm³/mol. The summed E-state index contributed by atoms with van der Waals surface area (Å²) in [6.45, 7) is 7.49. The molecule has 0 heterocycles. The van der Waals surface area contributed by atoms with Gasteiger partial charge in [0.15, 0.2) is 0 Å². The highest BCUT2D eigenvalue weighted by molar-refractivity contribution is 6.30. The molecule has 0 radical (unpaired) electrons. The van der Waals surface area contributed by atoms with E-state index >= 15 is 0 Å². The molecule has 0 spiro atoms. The van der Waals surface area contributed by atoms with Gasteiger partial charge in [-0.05, 0) is 51.3 Å². The van der Waals surface area contributed by atoms with E-state index in [9.17, 15) is 0 Å². The first-order valence-corrected chi connectivity index (χ1v) is 8.51. The van der Waals surface area contributed by atoms with Gasteiger partial charge in [0.2, 0.25) is 0 Å². The van der Waals surface area contributed by atoms with Crippen molar-refractivity contribution in [3.05, 3.63) is 28.8 Å². The molecule has 0 bridgehead atoms. The lowest BCUT2D eigenvalue weighted by Crippen LogP contribution is -2.37. The van der Waals surface area contributed by atoms with E-state index in [1.54, 1.807) is 0 Å². The molecule has 21 heavy (non-hydrogen) atoms. The zero-order valence-electron chi connectivity index (χ0n) is 13.9. The minimum Gasteiger partial charge on any atom is -0.371 e. The number of nitrogens with zero attached hydrogens (tertiary/aromatic N) is 1. The average Bonchev–Trinajstić information content (AvgIpc) is 2.45. The van der Waals surface area contributed by atoms with Crippen LogP contribution in [0.5, 0.6) is 0 Å². The molecule has 0 atom stereocenters. The number of hydrogen-bond donors (Lipinski definition) is 1. The maximum Gasteiger partial charge on any atom is 0.0426 e. The van der Waals surface area contributed by atoms with Gasteiger partial charge in [0.1, 0.15) is 0 Å². The average molecular weight is 309 g/mol. The van der Waals surface area contributed by atoms with Crippen LogP contribution in [-0.4, -0.2) is 18.6 Å². The van der Waals surface area contributed by atoms with Crippen LogP contribution in [0, 0.1) is 0 Å². The number of benzene rings is 1. The molecule has 1 aromatic carbocycles. The summed E-state index contributed by atoms with van der Waals surface area (Å²) in [5, 5.41) is 4.41. The zero-order valence-corrected chi connectivity index (χ0v) is 14.6. The predicted octanol–water partition coefficient (Wildman–Crippen LogP) is 5.00. The quantitative estimate of drug-likeness (QED) is 0.842. The standard InChI is InChI=1S/C18H29ClN2/c1-18(2,3)20-13-14-10-11-15(19)12-17(14)21(4)16-8-6-5-7-9-16/h10-12,16,20H,5-9,13H2,1-4H3. The van der Waals surface area contributed by atoms with Gasteiger partial charge in [0.25, 0.3) is 0 Å². The topological polar surface area (TPSA) is 15.3 Å². The van der Waals surface area contributed by atoms with Crippen molar-refractivity contribution in [3.8, 4) is 0 Å². The van der Waals surface area contributed by atoms with Crippen LogP contribution in [0.25, 0.3) is 0 Å². The van der Waals surface area contributed by atoms with Gasteiger partial charge in [-0.15, -0.1) is 0 Å². The molecule has 2 rings (SSSR count). The van der Waals surface area contributed by atoms with E-state index in [0.29, 0.717) is 6.04 Å². The highest BCUT2D eigenvalue weighted by atomic mass is 35.5. The Morgan fingerprint density at radius 3 is 2.48 bits per heavy atom. The van der Waals surface area contributed by atoms with Gasteiger partial charge in [-0.25, -0.2) is 0 Å². The first-order chi connectivity index (χ1) is 9.87. The molecule has 1 aliphatic carbocycles. The van der Waals surface area contributed by atoms with E-state index in [2.05, 4.69) is 50.2 Å². The molecule has 0 unspecified atom stereocenters. The van der Waals surface area contributed by atoms with Crippen LogP contribution >= 0.6 is 11.6 Å². The number of anilines is 1. The molecule has 0 amide bonds. The Morgan fingerprint density at radius 1 is 1.19 bits per heavy atom. The zero-order chi connectivity index (χ0) is 15.5. The van der Waals surface area contributed by atoms with Gasteiger partial charge in [-0.3, -0.25) is 0 Å². The van der Waals surface area contributed by atoms with E-state index in [-0.39, 0.29) is 5.54 Å². The normalized spacial score (nSPS) is 17.0. The number of hydrogen-bond acceptors (Lipinski definition) is 2. The molecule has 1 aromatic rings. The number of halogens is 1. The molecule has 0 aliphatic heterocycles. The molecule has 118 valence electrons. The van der Waals surface area contributed by atoms with Crippen molar-refractivity contribution in [1.29, 1.82) is 0 Å². The molecule has 1 fully saturated rings. The number of nitrogens with one attached hydrogen (secondary N) is 1. The summed E-state index contributed by atoms with van der Waals surface area (Å²) >= 11 is 6.24. The first-order valence-electron chi connectivity index (χ1n) is 8.13. The molecule has 3 heteroatoms. The minimum atomic E-state index is 0.125. The summed E-state index contributed by atoms with van der Waals surface area (Å²) in [7, 11) is 2.22. The van der Waals surface area contributed by atoms with Crippen LogP contribution in [0.4, 0.5) is 5.69 Å². The molecule has 0 aromatic heterocycles. The van der Waals surface area contributed by atoms with E-state index in [1.165, 1.54) is 43.4 Å². The van der Waals surface area contributed by atoms with Crippen molar-refractivity contribution >= 4 is 17.3 Å². The Hall–Kier alpha value is -0.730. The van der Waals surface area contributed by atoms with Crippen molar-refractivity contribution in [3.63, 3.8) is 0 Å². The first kappa shape index (κ1) is 16.6. The molecule has 1 saturated carbocycles. The van der Waals surface area contributed by atoms with Gasteiger partial charge < -0.3 is 10.2 Å². The summed E-state index contributed by atoms with van der Waals surface area (Å²) in [4.78, 5) is 2.45. The van der Waals surface area contributed by atoms with Crippen molar-refractivity contribution < 1.29 is 0 Å². The van der Waals surface area contributed by atoms with Gasteiger partial charge >= 0.3 is 0 Å². The summed E-state index contributed by atoms with van der Waals surface area (Å²) in [5.41, 5.74) is 2.74. The van der Waals surface area contributed by atoms with Crippen LogP contribution in [0.3, 0.4) is 0 Å². The third kappa shape index (κ3) is 4.89. The monoisotopic (exact) mass is 308 g/mol. The third-order valence-corrected chi connectivity index (χ3v) is 4.59. The Labute approximate surface area is 134 Å². The minimum absolute atomic E-state index is 0.125. The van der Waals surface area contributed by atoms with Crippen molar-refractivity contribution in [2.75, 3.05) is 11.9 Å². The molecule has 1 N–H and O–H groups in total. The molecule has 2 nitrogen and oxygen atoms in total. The fourth-order valence-electron chi connectivity index (χ4n) is 3.04. The summed E-state index contributed by atoms with van der Waals surface area (Å²) in [6, 6.07) is 6.94. The highest BCUT2D eigenvalue weighted by Gasteiger charge is 2.21. The second-order valence-corrected chi connectivity index (χ2v) is 7.72. The molecular formula is C18H29ClN2. The van der Waals surface area contributed by atoms with Gasteiger partial charge in [-0.1, -0.05) is 36.9 Å². The van der Waals surface area contributed by atoms with Gasteiger partial charge in [-0.2, -0.15) is 0 Å². The van der Waals surface area contributed by atoms with Crippen molar-refractivity contribution in [1.82, 2.24) is 5.32 Å². The van der Waals surface area contributed by atoms with E-state index in [0.717, 1.165) is 11.6 Å². The smallest absolute Gasteiger partial charge is 0.0426 e. The number of rotatable bonds is 4. The molecular weight excluding hydrogens is 280 g/mol. The lowest BCUT2D eigenvalue weighted by Gasteiger charge is -2.35. The lowest BCUT2D eigenvalue weighted by molar-refractivity contribution is 0.418. The molecule has 1 aliphatic rings. The third-order valence-electron chi connectivity index (χ3n) is 4.36. The van der Waals surface area contributed by atoms with Gasteiger partial charge in [0.05, 0.1) is 0 Å². The second-order valence-electron chi connectivity index (χ2n) is 7.28. The maximum absolute atomic E-state index is 6.24. The Morgan fingerprint density at radius 2 is 1.86 bits per heavy atom. The Bertz CT molecular complexity index is 459. The summed E-state index contributed by atoms with van der Waals surface area (Å²) < 4.78 is 0. The van der Waals surface area contributed by atoms with E-state index in [1.807, 2.05) is 6.07 Å². The summed E-state index contributed by atoms with van der Waals surface area (Å²) in [6.07, 6.45) is 6.69. The largest absolute Gasteiger partial charge is 0.371 e. The van der Waals surface area contributed by atoms with E-state index < -0.39 is 0 Å². The Balaban J connectivity index is 2.17. The van der Waals surface area contributed by atoms with Crippen molar-refractivity contribution in [2.24, 2.45) is 0 Å². The van der Waals surface area contributed by atoms with Crippen LogP contribution < -0.4 is 10.2 Å². The second kappa shape index (κ2) is 7.02. The lowest BCUT2D eigenvalue weighted by atomic mass is 9.93. The fourth-order valence-corrected chi connectivity index (χ4v) is 3.21. The van der Waals surface area contributed by atoms with Crippen LogP contribution in [0.15, 0.2) is 18.2 Å². The molecule has 0 saturated heterocycles.